The minimum atomic E-state index is 0.725. The average Bonchev–Trinajstić information content (AvgIpc) is 2.75. The van der Waals surface area contributed by atoms with Crippen molar-refractivity contribution in [2.45, 2.75) is 12.8 Å². The third kappa shape index (κ3) is 2.84. The molecule has 2 aromatic rings. The molecule has 0 spiro atoms. The minimum Gasteiger partial charge on any atom is -0.456 e. The van der Waals surface area contributed by atoms with Crippen LogP contribution >= 0.6 is 11.3 Å². The van der Waals surface area contributed by atoms with E-state index in [-0.39, 0.29) is 0 Å². The van der Waals surface area contributed by atoms with Gasteiger partial charge in [-0.15, -0.1) is 11.3 Å². The third-order valence-electron chi connectivity index (χ3n) is 2.28. The van der Waals surface area contributed by atoms with Crippen LogP contribution in [0, 0.1) is 0 Å². The van der Waals surface area contributed by atoms with Crippen molar-refractivity contribution in [2.24, 2.45) is 5.73 Å². The molecule has 1 heterocycles. The van der Waals surface area contributed by atoms with E-state index in [2.05, 4.69) is 5.38 Å². The van der Waals surface area contributed by atoms with Gasteiger partial charge in [0.25, 0.3) is 0 Å². The van der Waals surface area contributed by atoms with Gasteiger partial charge in [0.05, 0.1) is 0 Å². The molecule has 2 nitrogen and oxygen atoms in total. The van der Waals surface area contributed by atoms with Gasteiger partial charge in [-0.25, -0.2) is 0 Å². The lowest BCUT2D eigenvalue weighted by Gasteiger charge is -2.05. The maximum atomic E-state index is 5.82. The van der Waals surface area contributed by atoms with Gasteiger partial charge in [-0.05, 0) is 43.0 Å². The molecule has 0 saturated heterocycles. The number of hydrogen-bond acceptors (Lipinski definition) is 3. The number of ether oxygens (including phenoxy) is 1. The number of rotatable bonds is 5. The summed E-state index contributed by atoms with van der Waals surface area (Å²) in [7, 11) is 0. The molecule has 0 radical (unpaired) electrons. The summed E-state index contributed by atoms with van der Waals surface area (Å²) in [6.45, 7) is 0.725. The van der Waals surface area contributed by atoms with E-state index in [1.165, 1.54) is 4.88 Å². The van der Waals surface area contributed by atoms with Crippen LogP contribution in [0.4, 0.5) is 0 Å². The fraction of sp³-hybridized carbons (Fsp3) is 0.231. The molecular formula is C13H15NOS. The Kier molecular flexibility index (Phi) is 3.97. The molecule has 2 rings (SSSR count). The van der Waals surface area contributed by atoms with Crippen LogP contribution in [-0.4, -0.2) is 6.54 Å². The molecule has 3 heteroatoms. The van der Waals surface area contributed by atoms with Crippen molar-refractivity contribution in [1.29, 1.82) is 0 Å². The van der Waals surface area contributed by atoms with Crippen LogP contribution < -0.4 is 10.5 Å². The molecule has 0 bridgehead atoms. The van der Waals surface area contributed by atoms with E-state index < -0.39 is 0 Å². The van der Waals surface area contributed by atoms with Crippen LogP contribution in [0.3, 0.4) is 0 Å². The summed E-state index contributed by atoms with van der Waals surface area (Å²) in [5, 5.41) is 2.06. The monoisotopic (exact) mass is 233 g/mol. The Labute approximate surface area is 99.7 Å². The van der Waals surface area contributed by atoms with E-state index in [4.69, 9.17) is 10.5 Å². The molecule has 2 N–H and O–H groups in total. The smallest absolute Gasteiger partial charge is 0.141 e. The van der Waals surface area contributed by atoms with Gasteiger partial charge in [-0.3, -0.25) is 0 Å². The van der Waals surface area contributed by atoms with Crippen LogP contribution in [-0.2, 0) is 6.42 Å². The Morgan fingerprint density at radius 3 is 2.69 bits per heavy atom. The van der Waals surface area contributed by atoms with Gasteiger partial charge in [0.15, 0.2) is 0 Å². The molecule has 1 aromatic heterocycles. The zero-order valence-corrected chi connectivity index (χ0v) is 9.87. The minimum absolute atomic E-state index is 0.725. The zero-order valence-electron chi connectivity index (χ0n) is 9.06. The van der Waals surface area contributed by atoms with Crippen molar-refractivity contribution in [3.05, 3.63) is 46.7 Å². The van der Waals surface area contributed by atoms with E-state index in [0.717, 1.165) is 30.9 Å². The topological polar surface area (TPSA) is 35.2 Å². The number of aryl methyl sites for hydroxylation is 1. The first-order valence-corrected chi connectivity index (χ1v) is 6.27. The van der Waals surface area contributed by atoms with Gasteiger partial charge in [-0.1, -0.05) is 18.2 Å². The van der Waals surface area contributed by atoms with Gasteiger partial charge in [0, 0.05) is 4.88 Å². The molecule has 0 aliphatic rings. The largest absolute Gasteiger partial charge is 0.456 e. The normalized spacial score (nSPS) is 10.3. The third-order valence-corrected chi connectivity index (χ3v) is 3.25. The molecule has 0 saturated carbocycles. The Hall–Kier alpha value is -1.32. The van der Waals surface area contributed by atoms with Crippen molar-refractivity contribution in [3.8, 4) is 11.5 Å². The summed E-state index contributed by atoms with van der Waals surface area (Å²) in [6, 6.07) is 11.9. The lowest BCUT2D eigenvalue weighted by Crippen LogP contribution is -1.99. The number of benzene rings is 1. The Morgan fingerprint density at radius 2 is 1.94 bits per heavy atom. The Balaban J connectivity index is 2.07. The second kappa shape index (κ2) is 5.68. The van der Waals surface area contributed by atoms with Crippen LogP contribution in [0.2, 0.25) is 0 Å². The van der Waals surface area contributed by atoms with Crippen molar-refractivity contribution in [2.75, 3.05) is 6.54 Å². The molecular weight excluding hydrogens is 218 g/mol. The van der Waals surface area contributed by atoms with Gasteiger partial charge in [0.2, 0.25) is 0 Å². The first-order valence-electron chi connectivity index (χ1n) is 5.39. The van der Waals surface area contributed by atoms with E-state index in [9.17, 15) is 0 Å². The highest BCUT2D eigenvalue weighted by atomic mass is 32.1. The van der Waals surface area contributed by atoms with E-state index in [1.54, 1.807) is 11.3 Å². The summed E-state index contributed by atoms with van der Waals surface area (Å²) in [5.41, 5.74) is 5.51. The molecule has 0 atom stereocenters. The Bertz CT molecular complexity index is 425. The number of nitrogens with two attached hydrogens (primary N) is 1. The van der Waals surface area contributed by atoms with E-state index in [0.29, 0.717) is 0 Å². The maximum absolute atomic E-state index is 5.82. The highest BCUT2D eigenvalue weighted by molar-refractivity contribution is 7.10. The average molecular weight is 233 g/mol. The highest BCUT2D eigenvalue weighted by Gasteiger charge is 2.05. The standard InChI is InChI=1S/C13H15NOS/c14-9-4-7-13-12(8-10-16-13)15-11-5-2-1-3-6-11/h1-3,5-6,8,10H,4,7,9,14H2. The van der Waals surface area contributed by atoms with Gasteiger partial charge < -0.3 is 10.5 Å². The van der Waals surface area contributed by atoms with Crippen LogP contribution in [0.5, 0.6) is 11.5 Å². The fourth-order valence-corrected chi connectivity index (χ4v) is 2.32. The molecule has 0 aliphatic heterocycles. The van der Waals surface area contributed by atoms with Crippen LogP contribution in [0.15, 0.2) is 41.8 Å². The molecule has 1 aromatic carbocycles. The Morgan fingerprint density at radius 1 is 1.12 bits per heavy atom. The van der Waals surface area contributed by atoms with Gasteiger partial charge in [0.1, 0.15) is 11.5 Å². The maximum Gasteiger partial charge on any atom is 0.141 e. The van der Waals surface area contributed by atoms with E-state index in [1.807, 2.05) is 36.4 Å². The number of para-hydroxylation sites is 1. The molecule has 0 aliphatic carbocycles. The summed E-state index contributed by atoms with van der Waals surface area (Å²) in [5.74, 6) is 1.85. The SMILES string of the molecule is NCCCc1sccc1Oc1ccccc1. The highest BCUT2D eigenvalue weighted by Crippen LogP contribution is 2.30. The molecule has 84 valence electrons. The van der Waals surface area contributed by atoms with Gasteiger partial charge in [-0.2, -0.15) is 0 Å². The lowest BCUT2D eigenvalue weighted by molar-refractivity contribution is 0.479. The van der Waals surface area contributed by atoms with Crippen molar-refractivity contribution in [3.63, 3.8) is 0 Å². The summed E-state index contributed by atoms with van der Waals surface area (Å²) >= 11 is 1.73. The van der Waals surface area contributed by atoms with E-state index >= 15 is 0 Å². The quantitative estimate of drug-likeness (QED) is 0.858. The second-order valence-electron chi connectivity index (χ2n) is 3.52. The zero-order chi connectivity index (χ0) is 11.2. The van der Waals surface area contributed by atoms with Gasteiger partial charge >= 0.3 is 0 Å². The number of hydrogen-bond donors (Lipinski definition) is 1. The summed E-state index contributed by atoms with van der Waals surface area (Å²) < 4.78 is 5.82. The first-order chi connectivity index (χ1) is 7.90. The summed E-state index contributed by atoms with van der Waals surface area (Å²) in [6.07, 6.45) is 2.00. The van der Waals surface area contributed by atoms with Crippen molar-refractivity contribution < 1.29 is 4.74 Å². The summed E-state index contributed by atoms with van der Waals surface area (Å²) in [4.78, 5) is 1.27. The predicted octanol–water partition coefficient (Wildman–Crippen LogP) is 3.43. The molecule has 16 heavy (non-hydrogen) atoms. The first kappa shape index (κ1) is 11.2. The molecule has 0 unspecified atom stereocenters. The second-order valence-corrected chi connectivity index (χ2v) is 4.52. The number of thiophene rings is 1. The van der Waals surface area contributed by atoms with Crippen molar-refractivity contribution in [1.82, 2.24) is 0 Å². The lowest BCUT2D eigenvalue weighted by atomic mass is 10.2. The van der Waals surface area contributed by atoms with Crippen molar-refractivity contribution >= 4 is 11.3 Å². The molecule has 0 fully saturated rings. The van der Waals surface area contributed by atoms with Crippen LogP contribution in [0.25, 0.3) is 0 Å². The van der Waals surface area contributed by atoms with Crippen LogP contribution in [0.1, 0.15) is 11.3 Å². The fourth-order valence-electron chi connectivity index (χ4n) is 1.48. The predicted molar refractivity (Wildman–Crippen MR) is 68.2 cm³/mol. The molecule has 0 amide bonds.